The van der Waals surface area contributed by atoms with E-state index in [0.29, 0.717) is 18.7 Å². The maximum atomic E-state index is 12.6. The summed E-state index contributed by atoms with van der Waals surface area (Å²) in [5.41, 5.74) is 1.95. The number of pyridine rings is 1. The lowest BCUT2D eigenvalue weighted by atomic mass is 10.0. The van der Waals surface area contributed by atoms with Gasteiger partial charge < -0.3 is 9.64 Å². The van der Waals surface area contributed by atoms with Crippen molar-refractivity contribution in [3.05, 3.63) is 66.0 Å². The Kier molecular flexibility index (Phi) is 5.03. The first-order valence-corrected chi connectivity index (χ1v) is 8.11. The van der Waals surface area contributed by atoms with Gasteiger partial charge in [-0.1, -0.05) is 30.3 Å². The van der Waals surface area contributed by atoms with Gasteiger partial charge in [-0.25, -0.2) is 0 Å². The highest BCUT2D eigenvalue weighted by atomic mass is 16.5. The monoisotopic (exact) mass is 310 g/mol. The van der Waals surface area contributed by atoms with Gasteiger partial charge >= 0.3 is 0 Å². The summed E-state index contributed by atoms with van der Waals surface area (Å²) < 4.78 is 6.01. The second-order valence-electron chi connectivity index (χ2n) is 6.04. The van der Waals surface area contributed by atoms with Crippen LogP contribution in [0, 0.1) is 0 Å². The number of hydrogen-bond acceptors (Lipinski definition) is 3. The van der Waals surface area contributed by atoms with E-state index in [2.05, 4.69) is 29.2 Å². The fourth-order valence-corrected chi connectivity index (χ4v) is 3.01. The van der Waals surface area contributed by atoms with Crippen LogP contribution in [0.3, 0.4) is 0 Å². The van der Waals surface area contributed by atoms with Gasteiger partial charge in [-0.05, 0) is 37.5 Å². The number of rotatable bonds is 4. The van der Waals surface area contributed by atoms with E-state index in [4.69, 9.17) is 4.74 Å². The van der Waals surface area contributed by atoms with E-state index in [1.54, 1.807) is 18.5 Å². The molecule has 3 rings (SSSR count). The van der Waals surface area contributed by atoms with Gasteiger partial charge in [0.1, 0.15) is 0 Å². The summed E-state index contributed by atoms with van der Waals surface area (Å²) in [6.45, 7) is 3.30. The number of carbonyl (C=O) groups excluding carboxylic acids is 1. The van der Waals surface area contributed by atoms with E-state index in [-0.39, 0.29) is 18.1 Å². The van der Waals surface area contributed by atoms with Gasteiger partial charge in [0, 0.05) is 25.5 Å². The molecule has 2 unspecified atom stereocenters. The van der Waals surface area contributed by atoms with Crippen molar-refractivity contribution in [1.82, 2.24) is 9.88 Å². The molecule has 1 fully saturated rings. The Balaban J connectivity index is 1.61. The normalized spacial score (nSPS) is 21.2. The number of amides is 1. The van der Waals surface area contributed by atoms with E-state index < -0.39 is 0 Å². The van der Waals surface area contributed by atoms with Gasteiger partial charge in [0.05, 0.1) is 17.8 Å². The van der Waals surface area contributed by atoms with Gasteiger partial charge in [0.2, 0.25) is 0 Å². The summed E-state index contributed by atoms with van der Waals surface area (Å²) in [6.07, 6.45) is 5.34. The van der Waals surface area contributed by atoms with Crippen LogP contribution in [0.5, 0.6) is 0 Å². The van der Waals surface area contributed by atoms with Crippen LogP contribution in [0.1, 0.15) is 29.3 Å². The smallest absolute Gasteiger partial charge is 0.255 e. The maximum Gasteiger partial charge on any atom is 0.255 e. The Bertz CT molecular complexity index is 630. The summed E-state index contributed by atoms with van der Waals surface area (Å²) in [7, 11) is 0. The number of aryl methyl sites for hydroxylation is 1. The molecule has 0 aliphatic carbocycles. The van der Waals surface area contributed by atoms with Crippen molar-refractivity contribution in [2.24, 2.45) is 0 Å². The average molecular weight is 310 g/mol. The number of nitrogens with zero attached hydrogens (tertiary/aromatic N) is 2. The summed E-state index contributed by atoms with van der Waals surface area (Å²) in [5, 5.41) is 0. The van der Waals surface area contributed by atoms with Crippen LogP contribution < -0.4 is 0 Å². The third-order valence-electron chi connectivity index (χ3n) is 4.12. The molecule has 0 N–H and O–H groups in total. The third-order valence-corrected chi connectivity index (χ3v) is 4.12. The number of carbonyl (C=O) groups is 1. The standard InChI is InChI=1S/C19H22N2O2/c1-15-13-21(19(22)17-8-5-11-20-12-17)14-18(23-15)10-9-16-6-3-2-4-7-16/h2-8,11-12,15,18H,9-10,13-14H2,1H3. The molecule has 2 aromatic rings. The van der Waals surface area contributed by atoms with Gasteiger partial charge in [-0.3, -0.25) is 9.78 Å². The molecule has 2 atom stereocenters. The molecule has 120 valence electrons. The number of benzene rings is 1. The topological polar surface area (TPSA) is 42.4 Å². The van der Waals surface area contributed by atoms with E-state index in [1.165, 1.54) is 5.56 Å². The summed E-state index contributed by atoms with van der Waals surface area (Å²) in [5.74, 6) is 0.0398. The van der Waals surface area contributed by atoms with Crippen molar-refractivity contribution in [2.45, 2.75) is 32.0 Å². The quantitative estimate of drug-likeness (QED) is 0.872. The highest BCUT2D eigenvalue weighted by Crippen LogP contribution is 2.18. The molecule has 23 heavy (non-hydrogen) atoms. The third kappa shape index (κ3) is 4.17. The van der Waals surface area contributed by atoms with Crippen molar-refractivity contribution in [1.29, 1.82) is 0 Å². The molecule has 2 heterocycles. The molecule has 1 saturated heterocycles. The molecule has 0 radical (unpaired) electrons. The molecule has 1 aromatic carbocycles. The van der Waals surface area contributed by atoms with Gasteiger partial charge in [-0.2, -0.15) is 0 Å². The summed E-state index contributed by atoms with van der Waals surface area (Å²) >= 11 is 0. The zero-order valence-corrected chi connectivity index (χ0v) is 13.4. The van der Waals surface area contributed by atoms with E-state index in [1.807, 2.05) is 24.0 Å². The van der Waals surface area contributed by atoms with Crippen LogP contribution in [0.25, 0.3) is 0 Å². The average Bonchev–Trinajstić information content (AvgIpc) is 2.60. The largest absolute Gasteiger partial charge is 0.372 e. The highest BCUT2D eigenvalue weighted by Gasteiger charge is 2.28. The minimum atomic E-state index is 0.0398. The molecule has 4 heteroatoms. The second-order valence-corrected chi connectivity index (χ2v) is 6.04. The van der Waals surface area contributed by atoms with Crippen molar-refractivity contribution >= 4 is 5.91 Å². The maximum absolute atomic E-state index is 12.6. The molecule has 4 nitrogen and oxygen atoms in total. The minimum Gasteiger partial charge on any atom is -0.372 e. The lowest BCUT2D eigenvalue weighted by molar-refractivity contribution is -0.0698. The van der Waals surface area contributed by atoms with E-state index in [9.17, 15) is 4.79 Å². The molecule has 0 saturated carbocycles. The molecule has 1 aliphatic heterocycles. The molecule has 0 spiro atoms. The lowest BCUT2D eigenvalue weighted by Crippen LogP contribution is -2.49. The molecule has 1 aliphatic rings. The Morgan fingerprint density at radius 1 is 1.22 bits per heavy atom. The number of aromatic nitrogens is 1. The summed E-state index contributed by atoms with van der Waals surface area (Å²) in [6, 6.07) is 14.0. The number of ether oxygens (including phenoxy) is 1. The van der Waals surface area contributed by atoms with Crippen LogP contribution in [0.4, 0.5) is 0 Å². The first-order valence-electron chi connectivity index (χ1n) is 8.11. The number of hydrogen-bond donors (Lipinski definition) is 0. The van der Waals surface area contributed by atoms with Crippen LogP contribution in [0.15, 0.2) is 54.9 Å². The molecular formula is C19H22N2O2. The predicted molar refractivity (Wildman–Crippen MR) is 89.2 cm³/mol. The first kappa shape index (κ1) is 15.7. The SMILES string of the molecule is CC1CN(C(=O)c2cccnc2)CC(CCc2ccccc2)O1. The molecule has 1 amide bonds. The van der Waals surface area contributed by atoms with Crippen LogP contribution in [-0.2, 0) is 11.2 Å². The second kappa shape index (κ2) is 7.38. The highest BCUT2D eigenvalue weighted by molar-refractivity contribution is 5.93. The van der Waals surface area contributed by atoms with Crippen molar-refractivity contribution < 1.29 is 9.53 Å². The zero-order valence-electron chi connectivity index (χ0n) is 13.4. The van der Waals surface area contributed by atoms with Crippen molar-refractivity contribution in [3.8, 4) is 0 Å². The first-order chi connectivity index (χ1) is 11.2. The van der Waals surface area contributed by atoms with Gasteiger partial charge in [-0.15, -0.1) is 0 Å². The zero-order chi connectivity index (χ0) is 16.1. The molecular weight excluding hydrogens is 288 g/mol. The van der Waals surface area contributed by atoms with E-state index in [0.717, 1.165) is 12.8 Å². The molecule has 0 bridgehead atoms. The van der Waals surface area contributed by atoms with Crippen molar-refractivity contribution in [2.75, 3.05) is 13.1 Å². The lowest BCUT2D eigenvalue weighted by Gasteiger charge is -2.37. The van der Waals surface area contributed by atoms with Crippen LogP contribution in [-0.4, -0.2) is 41.1 Å². The summed E-state index contributed by atoms with van der Waals surface area (Å²) in [4.78, 5) is 18.5. The van der Waals surface area contributed by atoms with Crippen LogP contribution in [0.2, 0.25) is 0 Å². The fourth-order valence-electron chi connectivity index (χ4n) is 3.01. The minimum absolute atomic E-state index is 0.0398. The Hall–Kier alpha value is -2.20. The van der Waals surface area contributed by atoms with Gasteiger partial charge in [0.15, 0.2) is 0 Å². The van der Waals surface area contributed by atoms with Crippen molar-refractivity contribution in [3.63, 3.8) is 0 Å². The predicted octanol–water partition coefficient (Wildman–Crippen LogP) is 2.94. The van der Waals surface area contributed by atoms with Crippen LogP contribution >= 0.6 is 0 Å². The fraction of sp³-hybridized carbons (Fsp3) is 0.368. The number of morpholine rings is 1. The van der Waals surface area contributed by atoms with Gasteiger partial charge in [0.25, 0.3) is 5.91 Å². The molecule has 1 aromatic heterocycles. The Morgan fingerprint density at radius 2 is 2.04 bits per heavy atom. The Morgan fingerprint density at radius 3 is 2.78 bits per heavy atom. The van der Waals surface area contributed by atoms with E-state index >= 15 is 0 Å². The Labute approximate surface area is 137 Å².